The average molecular weight is 335 g/mol. The van der Waals surface area contributed by atoms with Crippen molar-refractivity contribution >= 4 is 21.6 Å². The minimum Gasteiger partial charge on any atom is -0.387 e. The van der Waals surface area contributed by atoms with Gasteiger partial charge in [0, 0.05) is 11.0 Å². The summed E-state index contributed by atoms with van der Waals surface area (Å²) in [6, 6.07) is 13.1. The van der Waals surface area contributed by atoms with Gasteiger partial charge in [-0.2, -0.15) is 5.26 Å². The summed E-state index contributed by atoms with van der Waals surface area (Å²) in [5, 5.41) is 22.0. The van der Waals surface area contributed by atoms with Crippen LogP contribution >= 0.6 is 15.9 Å². The second-order valence-corrected chi connectivity index (χ2v) is 5.17. The molecule has 3 nitrogen and oxygen atoms in total. The SMILES string of the molecule is N#Cc1ccc(Br)cc1NCC(O)c1cccc(F)c1. The maximum Gasteiger partial charge on any atom is 0.123 e. The third kappa shape index (κ3) is 3.56. The molecule has 0 radical (unpaired) electrons. The molecule has 5 heteroatoms. The molecule has 2 N–H and O–H groups in total. The first-order valence-electron chi connectivity index (χ1n) is 5.97. The van der Waals surface area contributed by atoms with Gasteiger partial charge in [0.05, 0.1) is 17.4 Å². The van der Waals surface area contributed by atoms with Crippen molar-refractivity contribution in [2.75, 3.05) is 11.9 Å². The average Bonchev–Trinajstić information content (AvgIpc) is 2.45. The van der Waals surface area contributed by atoms with Gasteiger partial charge >= 0.3 is 0 Å². The van der Waals surface area contributed by atoms with E-state index in [2.05, 4.69) is 27.3 Å². The summed E-state index contributed by atoms with van der Waals surface area (Å²) in [5.74, 6) is -0.387. The molecule has 102 valence electrons. The summed E-state index contributed by atoms with van der Waals surface area (Å²) in [5.41, 5.74) is 1.60. The van der Waals surface area contributed by atoms with E-state index < -0.39 is 6.10 Å². The van der Waals surface area contributed by atoms with Crippen molar-refractivity contribution < 1.29 is 9.50 Å². The van der Waals surface area contributed by atoms with E-state index in [4.69, 9.17) is 5.26 Å². The number of anilines is 1. The van der Waals surface area contributed by atoms with Gasteiger partial charge in [0.1, 0.15) is 11.9 Å². The second-order valence-electron chi connectivity index (χ2n) is 4.25. The Labute approximate surface area is 124 Å². The van der Waals surface area contributed by atoms with Gasteiger partial charge in [-0.15, -0.1) is 0 Å². The van der Waals surface area contributed by atoms with Crippen molar-refractivity contribution in [2.24, 2.45) is 0 Å². The van der Waals surface area contributed by atoms with Crippen LogP contribution in [-0.2, 0) is 0 Å². The summed E-state index contributed by atoms with van der Waals surface area (Å²) < 4.78 is 13.9. The van der Waals surface area contributed by atoms with Crippen LogP contribution in [0.5, 0.6) is 0 Å². The van der Waals surface area contributed by atoms with Crippen molar-refractivity contribution in [1.82, 2.24) is 0 Å². The fourth-order valence-electron chi connectivity index (χ4n) is 1.80. The van der Waals surface area contributed by atoms with Crippen molar-refractivity contribution in [1.29, 1.82) is 5.26 Å². The number of nitriles is 1. The number of nitrogens with zero attached hydrogens (tertiary/aromatic N) is 1. The zero-order chi connectivity index (χ0) is 14.5. The molecule has 1 unspecified atom stereocenters. The van der Waals surface area contributed by atoms with Crippen LogP contribution in [0.25, 0.3) is 0 Å². The molecule has 2 rings (SSSR count). The van der Waals surface area contributed by atoms with Crippen LogP contribution in [0, 0.1) is 17.1 Å². The first-order valence-corrected chi connectivity index (χ1v) is 6.76. The standard InChI is InChI=1S/C15H12BrFN2O/c16-12-5-4-11(8-18)14(7-12)19-9-15(20)10-2-1-3-13(17)6-10/h1-7,15,19-20H,9H2. The fourth-order valence-corrected chi connectivity index (χ4v) is 2.16. The molecule has 0 heterocycles. The van der Waals surface area contributed by atoms with Gasteiger partial charge in [-0.25, -0.2) is 4.39 Å². The van der Waals surface area contributed by atoms with Crippen LogP contribution < -0.4 is 5.32 Å². The highest BCUT2D eigenvalue weighted by molar-refractivity contribution is 9.10. The topological polar surface area (TPSA) is 56.0 Å². The molecular formula is C15H12BrFN2O. The zero-order valence-corrected chi connectivity index (χ0v) is 12.1. The molecule has 2 aromatic rings. The first-order chi connectivity index (χ1) is 9.60. The number of aliphatic hydroxyl groups is 1. The Kier molecular flexibility index (Phi) is 4.72. The van der Waals surface area contributed by atoms with Crippen molar-refractivity contribution in [3.8, 4) is 6.07 Å². The summed E-state index contributed by atoms with van der Waals surface area (Å²) in [6.07, 6.45) is -0.851. The third-order valence-corrected chi connectivity index (χ3v) is 3.31. The summed E-state index contributed by atoms with van der Waals surface area (Å²) in [7, 11) is 0. The molecule has 0 saturated heterocycles. The van der Waals surface area contributed by atoms with E-state index >= 15 is 0 Å². The number of nitrogens with one attached hydrogen (secondary N) is 1. The van der Waals surface area contributed by atoms with E-state index in [9.17, 15) is 9.50 Å². The predicted octanol–water partition coefficient (Wildman–Crippen LogP) is 3.61. The maximum atomic E-state index is 13.1. The highest BCUT2D eigenvalue weighted by Crippen LogP contribution is 2.22. The Morgan fingerprint density at radius 1 is 1.30 bits per heavy atom. The maximum absolute atomic E-state index is 13.1. The molecule has 0 aliphatic rings. The summed E-state index contributed by atoms with van der Waals surface area (Å²) >= 11 is 3.33. The first kappa shape index (κ1) is 14.5. The number of rotatable bonds is 4. The molecule has 0 bridgehead atoms. The molecular weight excluding hydrogens is 323 g/mol. The van der Waals surface area contributed by atoms with Crippen LogP contribution in [0.4, 0.5) is 10.1 Å². The Balaban J connectivity index is 2.09. The molecule has 20 heavy (non-hydrogen) atoms. The Hall–Kier alpha value is -1.90. The van der Waals surface area contributed by atoms with E-state index in [0.29, 0.717) is 16.8 Å². The summed E-state index contributed by atoms with van der Waals surface area (Å²) in [4.78, 5) is 0. The highest BCUT2D eigenvalue weighted by Gasteiger charge is 2.09. The predicted molar refractivity (Wildman–Crippen MR) is 78.7 cm³/mol. The van der Waals surface area contributed by atoms with E-state index in [1.165, 1.54) is 12.1 Å². The Morgan fingerprint density at radius 2 is 2.10 bits per heavy atom. The van der Waals surface area contributed by atoms with E-state index in [1.807, 2.05) is 0 Å². The number of benzene rings is 2. The Morgan fingerprint density at radius 3 is 2.80 bits per heavy atom. The minimum atomic E-state index is -0.851. The molecule has 0 amide bonds. The van der Waals surface area contributed by atoms with Crippen LogP contribution in [-0.4, -0.2) is 11.7 Å². The normalized spacial score (nSPS) is 11.7. The zero-order valence-electron chi connectivity index (χ0n) is 10.5. The number of hydrogen-bond donors (Lipinski definition) is 2. The van der Waals surface area contributed by atoms with Crippen LogP contribution in [0.1, 0.15) is 17.2 Å². The molecule has 0 aliphatic carbocycles. The number of aliphatic hydroxyl groups excluding tert-OH is 1. The molecule has 0 aromatic heterocycles. The minimum absolute atomic E-state index is 0.189. The van der Waals surface area contributed by atoms with Crippen LogP contribution in [0.2, 0.25) is 0 Å². The lowest BCUT2D eigenvalue weighted by molar-refractivity contribution is 0.191. The van der Waals surface area contributed by atoms with Gasteiger partial charge in [-0.3, -0.25) is 0 Å². The Bertz CT molecular complexity index is 655. The van der Waals surface area contributed by atoms with E-state index in [-0.39, 0.29) is 12.4 Å². The van der Waals surface area contributed by atoms with Crippen molar-refractivity contribution in [3.63, 3.8) is 0 Å². The van der Waals surface area contributed by atoms with Gasteiger partial charge < -0.3 is 10.4 Å². The largest absolute Gasteiger partial charge is 0.387 e. The highest BCUT2D eigenvalue weighted by atomic mass is 79.9. The molecule has 0 fully saturated rings. The van der Waals surface area contributed by atoms with Crippen molar-refractivity contribution in [2.45, 2.75) is 6.10 Å². The second kappa shape index (κ2) is 6.51. The van der Waals surface area contributed by atoms with E-state index in [1.54, 1.807) is 30.3 Å². The lowest BCUT2D eigenvalue weighted by Gasteiger charge is -2.14. The molecule has 0 saturated carbocycles. The molecule has 0 aliphatic heterocycles. The summed E-state index contributed by atoms with van der Waals surface area (Å²) in [6.45, 7) is 0.189. The van der Waals surface area contributed by atoms with Gasteiger partial charge in [-0.05, 0) is 35.9 Å². The third-order valence-electron chi connectivity index (χ3n) is 2.82. The molecule has 0 spiro atoms. The van der Waals surface area contributed by atoms with Crippen molar-refractivity contribution in [3.05, 3.63) is 63.9 Å². The number of hydrogen-bond acceptors (Lipinski definition) is 3. The fraction of sp³-hybridized carbons (Fsp3) is 0.133. The van der Waals surface area contributed by atoms with Gasteiger partial charge in [-0.1, -0.05) is 28.1 Å². The van der Waals surface area contributed by atoms with Gasteiger partial charge in [0.15, 0.2) is 0 Å². The smallest absolute Gasteiger partial charge is 0.123 e. The lowest BCUT2D eigenvalue weighted by atomic mass is 10.1. The van der Waals surface area contributed by atoms with E-state index in [0.717, 1.165) is 4.47 Å². The van der Waals surface area contributed by atoms with Gasteiger partial charge in [0.2, 0.25) is 0 Å². The lowest BCUT2D eigenvalue weighted by Crippen LogP contribution is -2.13. The van der Waals surface area contributed by atoms with Crippen LogP contribution in [0.3, 0.4) is 0 Å². The van der Waals surface area contributed by atoms with Crippen LogP contribution in [0.15, 0.2) is 46.9 Å². The monoisotopic (exact) mass is 334 g/mol. The molecule has 1 atom stereocenters. The number of halogens is 2. The molecule has 2 aromatic carbocycles. The van der Waals surface area contributed by atoms with Gasteiger partial charge in [0.25, 0.3) is 0 Å². The quantitative estimate of drug-likeness (QED) is 0.898.